The van der Waals surface area contributed by atoms with Gasteiger partial charge in [-0.2, -0.15) is 0 Å². The molecule has 3 heteroatoms. The molecule has 0 spiro atoms. The van der Waals surface area contributed by atoms with Crippen LogP contribution in [0.15, 0.2) is 18.2 Å². The van der Waals surface area contributed by atoms with Crippen molar-refractivity contribution in [3.05, 3.63) is 35.1 Å². The Bertz CT molecular complexity index is 488. The molecule has 2 nitrogen and oxygen atoms in total. The van der Waals surface area contributed by atoms with E-state index in [1.165, 1.54) is 6.42 Å². The third-order valence-corrected chi connectivity index (χ3v) is 4.54. The Hall–Kier alpha value is -1.22. The summed E-state index contributed by atoms with van der Waals surface area (Å²) in [6.45, 7) is 1.71. The van der Waals surface area contributed by atoms with Crippen molar-refractivity contribution in [2.45, 2.75) is 51.1 Å². The monoisotopic (exact) mass is 261 g/mol. The third-order valence-electron chi connectivity index (χ3n) is 4.54. The second-order valence-corrected chi connectivity index (χ2v) is 5.96. The van der Waals surface area contributed by atoms with Crippen LogP contribution in [0.1, 0.15) is 48.0 Å². The molecule has 1 aromatic rings. The van der Waals surface area contributed by atoms with Crippen molar-refractivity contribution in [2.24, 2.45) is 5.92 Å². The van der Waals surface area contributed by atoms with Gasteiger partial charge < -0.3 is 5.32 Å². The Morgan fingerprint density at radius 1 is 1.26 bits per heavy atom. The fourth-order valence-corrected chi connectivity index (χ4v) is 3.54. The van der Waals surface area contributed by atoms with Gasteiger partial charge in [0, 0.05) is 18.0 Å². The van der Waals surface area contributed by atoms with Gasteiger partial charge in [-0.1, -0.05) is 18.6 Å². The van der Waals surface area contributed by atoms with E-state index in [4.69, 9.17) is 0 Å². The van der Waals surface area contributed by atoms with Crippen molar-refractivity contribution in [2.75, 3.05) is 0 Å². The van der Waals surface area contributed by atoms with E-state index in [0.717, 1.165) is 25.7 Å². The fraction of sp³-hybridized carbons (Fsp3) is 0.562. The second kappa shape index (κ2) is 5.04. The molecule has 2 heterocycles. The molecule has 0 amide bonds. The minimum absolute atomic E-state index is 0.000370. The Kier molecular flexibility index (Phi) is 3.40. The van der Waals surface area contributed by atoms with Crippen molar-refractivity contribution in [3.63, 3.8) is 0 Å². The van der Waals surface area contributed by atoms with Gasteiger partial charge in [-0.3, -0.25) is 4.79 Å². The first-order chi connectivity index (χ1) is 9.15. The topological polar surface area (TPSA) is 29.1 Å². The average Bonchev–Trinajstić information content (AvgIpc) is 2.41. The van der Waals surface area contributed by atoms with Crippen molar-refractivity contribution in [3.8, 4) is 0 Å². The van der Waals surface area contributed by atoms with Crippen molar-refractivity contribution in [1.82, 2.24) is 5.32 Å². The predicted molar refractivity (Wildman–Crippen MR) is 72.8 cm³/mol. The molecule has 2 atom stereocenters. The van der Waals surface area contributed by atoms with Crippen LogP contribution in [0.3, 0.4) is 0 Å². The van der Waals surface area contributed by atoms with E-state index >= 15 is 0 Å². The first-order valence-corrected chi connectivity index (χ1v) is 7.20. The molecule has 102 valence electrons. The quantitative estimate of drug-likeness (QED) is 0.828. The molecule has 2 saturated heterocycles. The minimum Gasteiger partial charge on any atom is -0.311 e. The summed E-state index contributed by atoms with van der Waals surface area (Å²) in [5.74, 6) is -0.344. The summed E-state index contributed by atoms with van der Waals surface area (Å²) in [6.07, 6.45) is 5.28. The maximum absolute atomic E-state index is 14.1. The highest BCUT2D eigenvalue weighted by atomic mass is 19.1. The van der Waals surface area contributed by atoms with Gasteiger partial charge in [0.05, 0.1) is 5.56 Å². The highest BCUT2D eigenvalue weighted by Gasteiger charge is 2.35. The van der Waals surface area contributed by atoms with Gasteiger partial charge in [0.15, 0.2) is 5.78 Å². The summed E-state index contributed by atoms with van der Waals surface area (Å²) < 4.78 is 14.1. The summed E-state index contributed by atoms with van der Waals surface area (Å²) in [7, 11) is 0. The molecule has 0 aromatic heterocycles. The van der Waals surface area contributed by atoms with Gasteiger partial charge in [0.25, 0.3) is 0 Å². The number of ketones is 1. The van der Waals surface area contributed by atoms with E-state index in [1.54, 1.807) is 25.1 Å². The fourth-order valence-electron chi connectivity index (χ4n) is 3.54. The van der Waals surface area contributed by atoms with Gasteiger partial charge >= 0.3 is 0 Å². The first-order valence-electron chi connectivity index (χ1n) is 7.20. The molecule has 3 rings (SSSR count). The van der Waals surface area contributed by atoms with Crippen LogP contribution in [0, 0.1) is 18.7 Å². The molecule has 0 radical (unpaired) electrons. The lowest BCUT2D eigenvalue weighted by Crippen LogP contribution is -2.50. The van der Waals surface area contributed by atoms with Crippen LogP contribution in [0.2, 0.25) is 0 Å². The molecule has 2 aliphatic heterocycles. The van der Waals surface area contributed by atoms with Crippen molar-refractivity contribution in [1.29, 1.82) is 0 Å². The maximum atomic E-state index is 14.1. The summed E-state index contributed by atoms with van der Waals surface area (Å²) >= 11 is 0. The Morgan fingerprint density at radius 2 is 1.95 bits per heavy atom. The number of hydrogen-bond acceptors (Lipinski definition) is 2. The van der Waals surface area contributed by atoms with Crippen LogP contribution in [0.25, 0.3) is 0 Å². The maximum Gasteiger partial charge on any atom is 0.169 e. The largest absolute Gasteiger partial charge is 0.311 e. The van der Waals surface area contributed by atoms with Crippen LogP contribution in [0.5, 0.6) is 0 Å². The van der Waals surface area contributed by atoms with Crippen LogP contribution >= 0.6 is 0 Å². The number of Topliss-reactive ketones (excluding diaryl/α,β-unsaturated/α-hetero) is 1. The van der Waals surface area contributed by atoms with Crippen LogP contribution in [-0.4, -0.2) is 17.9 Å². The molecule has 1 N–H and O–H groups in total. The SMILES string of the molecule is Cc1cccc(C(=O)C2CC3CCCC(C2)N3)c1F. The van der Waals surface area contributed by atoms with Crippen LogP contribution in [-0.2, 0) is 0 Å². The molecule has 1 aromatic carbocycles. The normalized spacial score (nSPS) is 30.1. The van der Waals surface area contributed by atoms with Gasteiger partial charge in [-0.15, -0.1) is 0 Å². The van der Waals surface area contributed by atoms with E-state index in [9.17, 15) is 9.18 Å². The van der Waals surface area contributed by atoms with Gasteiger partial charge in [-0.25, -0.2) is 4.39 Å². The molecule has 2 aliphatic rings. The summed E-state index contributed by atoms with van der Waals surface area (Å²) in [4.78, 5) is 12.5. The van der Waals surface area contributed by atoms with Gasteiger partial charge in [0.1, 0.15) is 5.82 Å². The number of aryl methyl sites for hydroxylation is 1. The lowest BCUT2D eigenvalue weighted by molar-refractivity contribution is 0.0820. The van der Waals surface area contributed by atoms with E-state index in [0.29, 0.717) is 17.6 Å². The third kappa shape index (κ3) is 2.44. The smallest absolute Gasteiger partial charge is 0.169 e. The Balaban J connectivity index is 1.82. The van der Waals surface area contributed by atoms with E-state index < -0.39 is 0 Å². The van der Waals surface area contributed by atoms with Crippen molar-refractivity contribution >= 4 is 5.78 Å². The number of carbonyl (C=O) groups is 1. The number of halogens is 1. The van der Waals surface area contributed by atoms with Crippen LogP contribution in [0.4, 0.5) is 4.39 Å². The minimum atomic E-state index is -0.337. The number of hydrogen-bond donors (Lipinski definition) is 1. The molecular formula is C16H20FNO. The standard InChI is InChI=1S/C16H20FNO/c1-10-4-2-7-14(15(10)17)16(19)11-8-12-5-3-6-13(9-11)18-12/h2,4,7,11-13,18H,3,5-6,8-9H2,1H3. The number of nitrogens with one attached hydrogen (secondary N) is 1. The number of piperidine rings is 2. The van der Waals surface area contributed by atoms with Crippen molar-refractivity contribution < 1.29 is 9.18 Å². The zero-order valence-electron chi connectivity index (χ0n) is 11.3. The summed E-state index contributed by atoms with van der Waals surface area (Å²) in [6, 6.07) is 6.02. The number of fused-ring (bicyclic) bond motifs is 2. The Morgan fingerprint density at radius 3 is 2.63 bits per heavy atom. The predicted octanol–water partition coefficient (Wildman–Crippen LogP) is 3.24. The highest BCUT2D eigenvalue weighted by molar-refractivity contribution is 5.98. The average molecular weight is 261 g/mol. The second-order valence-electron chi connectivity index (χ2n) is 5.96. The zero-order chi connectivity index (χ0) is 13.4. The van der Waals surface area contributed by atoms with E-state index in [2.05, 4.69) is 5.32 Å². The Labute approximate surface area is 113 Å². The molecule has 19 heavy (non-hydrogen) atoms. The van der Waals surface area contributed by atoms with Gasteiger partial charge in [0.2, 0.25) is 0 Å². The molecule has 2 unspecified atom stereocenters. The molecule has 0 aliphatic carbocycles. The summed E-state index contributed by atoms with van der Waals surface area (Å²) in [5, 5.41) is 3.57. The summed E-state index contributed by atoms with van der Waals surface area (Å²) in [5.41, 5.74) is 0.838. The lowest BCUT2D eigenvalue weighted by Gasteiger charge is -2.39. The lowest BCUT2D eigenvalue weighted by atomic mass is 9.77. The molecule has 0 saturated carbocycles. The van der Waals surface area contributed by atoms with Gasteiger partial charge in [-0.05, 0) is 44.2 Å². The molecular weight excluding hydrogens is 241 g/mol. The van der Waals surface area contributed by atoms with E-state index in [-0.39, 0.29) is 23.1 Å². The molecule has 2 bridgehead atoms. The number of carbonyl (C=O) groups excluding carboxylic acids is 1. The number of benzene rings is 1. The highest BCUT2D eigenvalue weighted by Crippen LogP contribution is 2.32. The molecule has 2 fully saturated rings. The zero-order valence-corrected chi connectivity index (χ0v) is 11.3. The first kappa shape index (κ1) is 12.8. The number of rotatable bonds is 2. The van der Waals surface area contributed by atoms with E-state index in [1.807, 2.05) is 0 Å². The van der Waals surface area contributed by atoms with Crippen LogP contribution < -0.4 is 5.32 Å².